The summed E-state index contributed by atoms with van der Waals surface area (Å²) >= 11 is 0. The Morgan fingerprint density at radius 1 is 0.931 bits per heavy atom. The molecule has 2 aromatic heterocycles. The molecule has 1 aliphatic carbocycles. The number of carbonyl (C=O) groups is 1. The van der Waals surface area contributed by atoms with Crippen LogP contribution in [0.2, 0.25) is 0 Å². The molecular weight excluding hydrogens is 362 g/mol. The van der Waals surface area contributed by atoms with Crippen LogP contribution in [0.25, 0.3) is 16.9 Å². The van der Waals surface area contributed by atoms with Crippen molar-refractivity contribution in [1.82, 2.24) is 9.78 Å². The van der Waals surface area contributed by atoms with Gasteiger partial charge in [-0.15, -0.1) is 0 Å². The van der Waals surface area contributed by atoms with E-state index in [0.29, 0.717) is 12.2 Å². The van der Waals surface area contributed by atoms with Crippen LogP contribution in [0.15, 0.2) is 71.3 Å². The van der Waals surface area contributed by atoms with Crippen molar-refractivity contribution in [3.05, 3.63) is 89.5 Å². The van der Waals surface area contributed by atoms with Gasteiger partial charge in [0.2, 0.25) is 0 Å². The SMILES string of the molecule is O=C(c1nn(-c2ccccc2)c2c1CCc1occc1-2)N1CCc2ccccc21. The molecule has 0 radical (unpaired) electrons. The summed E-state index contributed by atoms with van der Waals surface area (Å²) in [6.07, 6.45) is 4.14. The number of nitrogens with zero attached hydrogens (tertiary/aromatic N) is 3. The van der Waals surface area contributed by atoms with Crippen LogP contribution in [-0.4, -0.2) is 22.2 Å². The number of hydrogen-bond acceptors (Lipinski definition) is 3. The van der Waals surface area contributed by atoms with Crippen LogP contribution < -0.4 is 4.90 Å². The smallest absolute Gasteiger partial charge is 0.279 e. The van der Waals surface area contributed by atoms with Gasteiger partial charge in [0.15, 0.2) is 5.69 Å². The van der Waals surface area contributed by atoms with Crippen molar-refractivity contribution in [1.29, 1.82) is 0 Å². The van der Waals surface area contributed by atoms with Crippen molar-refractivity contribution in [2.75, 3.05) is 11.4 Å². The van der Waals surface area contributed by atoms with Gasteiger partial charge in [-0.3, -0.25) is 4.79 Å². The summed E-state index contributed by atoms with van der Waals surface area (Å²) < 4.78 is 7.58. The zero-order valence-corrected chi connectivity index (χ0v) is 15.8. The average Bonchev–Trinajstić information content (AvgIpc) is 3.49. The Hall–Kier alpha value is -3.60. The number of fused-ring (bicyclic) bond motifs is 4. The molecule has 2 aromatic carbocycles. The fourth-order valence-corrected chi connectivity index (χ4v) is 4.55. The third kappa shape index (κ3) is 2.40. The Labute approximate surface area is 168 Å². The Balaban J connectivity index is 1.53. The fourth-order valence-electron chi connectivity index (χ4n) is 4.55. The number of rotatable bonds is 2. The first kappa shape index (κ1) is 16.4. The molecule has 0 spiro atoms. The van der Waals surface area contributed by atoms with E-state index in [2.05, 4.69) is 6.07 Å². The van der Waals surface area contributed by atoms with Crippen molar-refractivity contribution < 1.29 is 9.21 Å². The highest BCUT2D eigenvalue weighted by atomic mass is 16.3. The number of furan rings is 1. The first-order chi connectivity index (χ1) is 14.3. The maximum absolute atomic E-state index is 13.6. The van der Waals surface area contributed by atoms with Gasteiger partial charge in [0.1, 0.15) is 5.76 Å². The van der Waals surface area contributed by atoms with Gasteiger partial charge in [-0.2, -0.15) is 5.10 Å². The Morgan fingerprint density at radius 2 is 1.76 bits per heavy atom. The number of benzene rings is 2. The lowest BCUT2D eigenvalue weighted by atomic mass is 9.93. The van der Waals surface area contributed by atoms with Gasteiger partial charge in [-0.25, -0.2) is 4.68 Å². The first-order valence-electron chi connectivity index (χ1n) is 9.95. The minimum absolute atomic E-state index is 0.0205. The summed E-state index contributed by atoms with van der Waals surface area (Å²) in [6.45, 7) is 0.697. The van der Waals surface area contributed by atoms with Gasteiger partial charge >= 0.3 is 0 Å². The highest BCUT2D eigenvalue weighted by Crippen LogP contribution is 2.39. The Morgan fingerprint density at radius 3 is 2.66 bits per heavy atom. The molecule has 4 aromatic rings. The third-order valence-electron chi connectivity index (χ3n) is 5.92. The topological polar surface area (TPSA) is 51.3 Å². The van der Waals surface area contributed by atoms with Crippen molar-refractivity contribution in [3.63, 3.8) is 0 Å². The zero-order valence-electron chi connectivity index (χ0n) is 15.8. The van der Waals surface area contributed by atoms with Crippen LogP contribution in [0, 0.1) is 0 Å². The number of anilines is 1. The van der Waals surface area contributed by atoms with E-state index in [0.717, 1.165) is 53.2 Å². The van der Waals surface area contributed by atoms with Crippen molar-refractivity contribution in [2.24, 2.45) is 0 Å². The molecule has 0 saturated heterocycles. The summed E-state index contributed by atoms with van der Waals surface area (Å²) in [5, 5.41) is 4.84. The lowest BCUT2D eigenvalue weighted by Crippen LogP contribution is -2.30. The second kappa shape index (κ2) is 6.21. The van der Waals surface area contributed by atoms with Crippen LogP contribution in [-0.2, 0) is 19.3 Å². The molecule has 0 bridgehead atoms. The predicted molar refractivity (Wildman–Crippen MR) is 110 cm³/mol. The van der Waals surface area contributed by atoms with Gasteiger partial charge < -0.3 is 9.32 Å². The van der Waals surface area contributed by atoms with E-state index in [-0.39, 0.29) is 5.91 Å². The molecule has 5 heteroatoms. The molecule has 0 atom stereocenters. The molecule has 1 amide bonds. The van der Waals surface area contributed by atoms with Crippen molar-refractivity contribution >= 4 is 11.6 Å². The molecule has 29 heavy (non-hydrogen) atoms. The van der Waals surface area contributed by atoms with E-state index in [4.69, 9.17) is 9.52 Å². The van der Waals surface area contributed by atoms with Gasteiger partial charge in [0.25, 0.3) is 5.91 Å². The van der Waals surface area contributed by atoms with Crippen LogP contribution in [0.3, 0.4) is 0 Å². The number of aromatic nitrogens is 2. The lowest BCUT2D eigenvalue weighted by molar-refractivity contribution is 0.0983. The molecule has 2 aliphatic rings. The van der Waals surface area contributed by atoms with E-state index in [1.54, 1.807) is 6.26 Å². The van der Waals surface area contributed by atoms with Gasteiger partial charge in [-0.1, -0.05) is 36.4 Å². The second-order valence-electron chi connectivity index (χ2n) is 7.52. The van der Waals surface area contributed by atoms with Crippen LogP contribution >= 0.6 is 0 Å². The molecule has 5 nitrogen and oxygen atoms in total. The molecule has 0 fully saturated rings. The van der Waals surface area contributed by atoms with Crippen LogP contribution in [0.4, 0.5) is 5.69 Å². The van der Waals surface area contributed by atoms with E-state index in [9.17, 15) is 4.79 Å². The van der Waals surface area contributed by atoms with Gasteiger partial charge in [0.05, 0.1) is 17.6 Å². The van der Waals surface area contributed by atoms with E-state index >= 15 is 0 Å². The van der Waals surface area contributed by atoms with Crippen LogP contribution in [0.5, 0.6) is 0 Å². The molecule has 0 unspecified atom stereocenters. The molecular formula is C24H19N3O2. The summed E-state index contributed by atoms with van der Waals surface area (Å²) in [4.78, 5) is 15.5. The Kier molecular flexibility index (Phi) is 3.50. The second-order valence-corrected chi connectivity index (χ2v) is 7.52. The van der Waals surface area contributed by atoms with Crippen molar-refractivity contribution in [2.45, 2.75) is 19.3 Å². The first-order valence-corrected chi connectivity index (χ1v) is 9.95. The summed E-state index contributed by atoms with van der Waals surface area (Å²) in [5.74, 6) is 0.938. The number of hydrogen-bond donors (Lipinski definition) is 0. The number of aryl methyl sites for hydroxylation is 1. The number of para-hydroxylation sites is 2. The normalized spacial score (nSPS) is 14.4. The minimum atomic E-state index is -0.0205. The summed E-state index contributed by atoms with van der Waals surface area (Å²) in [6, 6.07) is 20.1. The highest BCUT2D eigenvalue weighted by molar-refractivity contribution is 6.08. The third-order valence-corrected chi connectivity index (χ3v) is 5.92. The van der Waals surface area contributed by atoms with E-state index in [1.807, 2.05) is 64.2 Å². The molecule has 0 saturated carbocycles. The number of amides is 1. The molecule has 1 aliphatic heterocycles. The lowest BCUT2D eigenvalue weighted by Gasteiger charge is -2.18. The van der Waals surface area contributed by atoms with E-state index in [1.165, 1.54) is 5.56 Å². The molecule has 0 N–H and O–H groups in total. The largest absolute Gasteiger partial charge is 0.469 e. The van der Waals surface area contributed by atoms with Gasteiger partial charge in [0, 0.05) is 29.8 Å². The maximum atomic E-state index is 13.6. The average molecular weight is 381 g/mol. The standard InChI is InChI=1S/C24H19N3O2/c28-24(26-14-12-16-6-4-5-9-20(16)26)22-19-10-11-21-18(13-15-29-21)23(19)27(25-22)17-7-2-1-3-8-17/h1-9,13,15H,10-12,14H2. The van der Waals surface area contributed by atoms with Gasteiger partial charge in [-0.05, 0) is 42.7 Å². The molecule has 142 valence electrons. The summed E-state index contributed by atoms with van der Waals surface area (Å²) in [5.41, 5.74) is 6.73. The number of carbonyl (C=O) groups excluding carboxylic acids is 1. The predicted octanol–water partition coefficient (Wildman–Crippen LogP) is 4.43. The maximum Gasteiger partial charge on any atom is 0.279 e. The van der Waals surface area contributed by atoms with Crippen molar-refractivity contribution in [3.8, 4) is 16.9 Å². The Bertz CT molecular complexity index is 1240. The highest BCUT2D eigenvalue weighted by Gasteiger charge is 2.34. The monoisotopic (exact) mass is 381 g/mol. The van der Waals surface area contributed by atoms with E-state index < -0.39 is 0 Å². The zero-order chi connectivity index (χ0) is 19.4. The molecule has 3 heterocycles. The quantitative estimate of drug-likeness (QED) is 0.516. The minimum Gasteiger partial charge on any atom is -0.469 e. The fraction of sp³-hybridized carbons (Fsp3) is 0.167. The summed E-state index contributed by atoms with van der Waals surface area (Å²) in [7, 11) is 0. The van der Waals surface area contributed by atoms with Crippen LogP contribution in [0.1, 0.15) is 27.4 Å². The molecule has 6 rings (SSSR count).